The van der Waals surface area contributed by atoms with Crippen LogP contribution < -0.4 is 0 Å². The molecule has 0 bridgehead atoms. The molecular formula is C17H20N4O3. The highest BCUT2D eigenvalue weighted by Crippen LogP contribution is 2.27. The van der Waals surface area contributed by atoms with Crippen molar-refractivity contribution in [2.45, 2.75) is 31.7 Å². The molecule has 2 aromatic heterocycles. The number of piperidine rings is 1. The van der Waals surface area contributed by atoms with Gasteiger partial charge < -0.3 is 10.0 Å². The number of aliphatic carboxylic acids is 1. The van der Waals surface area contributed by atoms with Crippen LogP contribution in [0.25, 0.3) is 0 Å². The molecule has 0 radical (unpaired) electrons. The Balaban J connectivity index is 1.67. The third-order valence-electron chi connectivity index (χ3n) is 4.30. The van der Waals surface area contributed by atoms with Crippen LogP contribution in [0.2, 0.25) is 0 Å². The zero-order valence-electron chi connectivity index (χ0n) is 13.3. The first-order chi connectivity index (χ1) is 11.6. The minimum atomic E-state index is -0.916. The quantitative estimate of drug-likeness (QED) is 0.894. The Morgan fingerprint density at radius 1 is 1.29 bits per heavy atom. The van der Waals surface area contributed by atoms with Crippen molar-refractivity contribution in [3.63, 3.8) is 0 Å². The maximum absolute atomic E-state index is 12.5. The number of carbonyl (C=O) groups excluding carboxylic acids is 1. The minimum Gasteiger partial charge on any atom is -0.480 e. The number of nitrogens with zero attached hydrogens (tertiary/aromatic N) is 4. The van der Waals surface area contributed by atoms with E-state index in [4.69, 9.17) is 5.11 Å². The molecule has 2 aromatic rings. The molecule has 126 valence electrons. The first kappa shape index (κ1) is 16.2. The van der Waals surface area contributed by atoms with E-state index in [2.05, 4.69) is 10.1 Å². The molecule has 0 spiro atoms. The molecule has 0 aliphatic carbocycles. The lowest BCUT2D eigenvalue weighted by molar-refractivity contribution is -0.138. The zero-order valence-corrected chi connectivity index (χ0v) is 13.3. The first-order valence-corrected chi connectivity index (χ1v) is 8.03. The standard InChI is InChI=1S/C17H20N4O3/c22-16(9-13-3-1-6-18-10-13)20-8-2-4-14(11-20)15-5-7-19-21(15)12-17(23)24/h1,3,5-7,10,14H,2,4,8-9,11-12H2,(H,23,24)/t14-/m0/s1. The van der Waals surface area contributed by atoms with Crippen molar-refractivity contribution >= 4 is 11.9 Å². The predicted molar refractivity (Wildman–Crippen MR) is 86.4 cm³/mol. The van der Waals surface area contributed by atoms with E-state index in [0.29, 0.717) is 13.0 Å². The summed E-state index contributed by atoms with van der Waals surface area (Å²) in [5.41, 5.74) is 1.79. The van der Waals surface area contributed by atoms with E-state index in [-0.39, 0.29) is 18.4 Å². The Hall–Kier alpha value is -2.70. The van der Waals surface area contributed by atoms with Gasteiger partial charge in [0.25, 0.3) is 0 Å². The van der Waals surface area contributed by atoms with Gasteiger partial charge >= 0.3 is 5.97 Å². The van der Waals surface area contributed by atoms with Crippen molar-refractivity contribution in [1.29, 1.82) is 0 Å². The lowest BCUT2D eigenvalue weighted by Crippen LogP contribution is -2.40. The summed E-state index contributed by atoms with van der Waals surface area (Å²) in [5.74, 6) is -0.712. The van der Waals surface area contributed by atoms with Gasteiger partial charge in [0.15, 0.2) is 0 Å². The van der Waals surface area contributed by atoms with Gasteiger partial charge in [-0.05, 0) is 30.5 Å². The van der Waals surface area contributed by atoms with Crippen molar-refractivity contribution in [2.24, 2.45) is 0 Å². The fourth-order valence-corrected chi connectivity index (χ4v) is 3.18. The lowest BCUT2D eigenvalue weighted by atomic mass is 9.94. The fourth-order valence-electron chi connectivity index (χ4n) is 3.18. The molecule has 24 heavy (non-hydrogen) atoms. The number of hydrogen-bond donors (Lipinski definition) is 1. The molecule has 3 heterocycles. The van der Waals surface area contributed by atoms with Gasteiger partial charge in [-0.1, -0.05) is 6.07 Å². The third-order valence-corrected chi connectivity index (χ3v) is 4.30. The molecule has 1 saturated heterocycles. The van der Waals surface area contributed by atoms with E-state index in [1.165, 1.54) is 4.68 Å². The normalized spacial score (nSPS) is 17.7. The Bertz CT molecular complexity index is 714. The minimum absolute atomic E-state index is 0.0806. The molecule has 7 heteroatoms. The summed E-state index contributed by atoms with van der Waals surface area (Å²) in [6.45, 7) is 1.19. The maximum atomic E-state index is 12.5. The summed E-state index contributed by atoms with van der Waals surface area (Å²) >= 11 is 0. The van der Waals surface area contributed by atoms with Crippen LogP contribution in [0.3, 0.4) is 0 Å². The van der Waals surface area contributed by atoms with E-state index in [1.54, 1.807) is 18.6 Å². The SMILES string of the molecule is O=C(O)Cn1nccc1[C@H]1CCCN(C(=O)Cc2cccnc2)C1. The Labute approximate surface area is 139 Å². The molecule has 1 N–H and O–H groups in total. The van der Waals surface area contributed by atoms with Gasteiger partial charge in [0.1, 0.15) is 6.54 Å². The summed E-state index contributed by atoms with van der Waals surface area (Å²) in [7, 11) is 0. The van der Waals surface area contributed by atoms with Crippen LogP contribution in [0.1, 0.15) is 30.0 Å². The predicted octanol–water partition coefficient (Wildman–Crippen LogP) is 1.31. The summed E-state index contributed by atoms with van der Waals surface area (Å²) < 4.78 is 1.52. The molecule has 1 atom stereocenters. The number of likely N-dealkylation sites (tertiary alicyclic amines) is 1. The maximum Gasteiger partial charge on any atom is 0.325 e. The van der Waals surface area contributed by atoms with E-state index in [1.807, 2.05) is 23.1 Å². The summed E-state index contributed by atoms with van der Waals surface area (Å²) in [5, 5.41) is 13.1. The molecular weight excluding hydrogens is 308 g/mol. The Kier molecular flexibility index (Phi) is 4.88. The van der Waals surface area contributed by atoms with Gasteiger partial charge in [-0.15, -0.1) is 0 Å². The van der Waals surface area contributed by atoms with Crippen LogP contribution in [-0.4, -0.2) is 49.7 Å². The zero-order chi connectivity index (χ0) is 16.9. The molecule has 3 rings (SSSR count). The van der Waals surface area contributed by atoms with Crippen LogP contribution in [0, 0.1) is 0 Å². The number of carboxylic acids is 1. The first-order valence-electron chi connectivity index (χ1n) is 8.03. The number of hydrogen-bond acceptors (Lipinski definition) is 4. The average molecular weight is 328 g/mol. The summed E-state index contributed by atoms with van der Waals surface area (Å²) in [6.07, 6.45) is 7.20. The number of pyridine rings is 1. The van der Waals surface area contributed by atoms with Gasteiger partial charge in [0, 0.05) is 43.3 Å². The van der Waals surface area contributed by atoms with Gasteiger partial charge in [-0.3, -0.25) is 19.3 Å². The second-order valence-electron chi connectivity index (χ2n) is 6.02. The van der Waals surface area contributed by atoms with Gasteiger partial charge in [0.2, 0.25) is 5.91 Å². The van der Waals surface area contributed by atoms with Gasteiger partial charge in [-0.2, -0.15) is 5.10 Å². The van der Waals surface area contributed by atoms with Crippen LogP contribution in [0.5, 0.6) is 0 Å². The lowest BCUT2D eigenvalue weighted by Gasteiger charge is -2.33. The summed E-state index contributed by atoms with van der Waals surface area (Å²) in [4.78, 5) is 29.4. The molecule has 1 aliphatic rings. The Morgan fingerprint density at radius 3 is 2.92 bits per heavy atom. The van der Waals surface area contributed by atoms with E-state index in [9.17, 15) is 9.59 Å². The van der Waals surface area contributed by atoms with E-state index >= 15 is 0 Å². The highest BCUT2D eigenvalue weighted by Gasteiger charge is 2.27. The van der Waals surface area contributed by atoms with Crippen LogP contribution in [0.4, 0.5) is 0 Å². The van der Waals surface area contributed by atoms with Crippen LogP contribution >= 0.6 is 0 Å². The molecule has 0 unspecified atom stereocenters. The van der Waals surface area contributed by atoms with Gasteiger partial charge in [0.05, 0.1) is 6.42 Å². The molecule has 1 aliphatic heterocycles. The second kappa shape index (κ2) is 7.25. The number of rotatable bonds is 5. The fraction of sp³-hybridized carbons (Fsp3) is 0.412. The van der Waals surface area contributed by atoms with Crippen LogP contribution in [-0.2, 0) is 22.6 Å². The number of carboxylic acid groups (broad SMARTS) is 1. The van der Waals surface area contributed by atoms with E-state index < -0.39 is 5.97 Å². The molecule has 1 amide bonds. The average Bonchev–Trinajstić information content (AvgIpc) is 3.03. The number of amides is 1. The number of aromatic nitrogens is 3. The van der Waals surface area contributed by atoms with Crippen molar-refractivity contribution in [3.8, 4) is 0 Å². The van der Waals surface area contributed by atoms with Crippen molar-refractivity contribution in [3.05, 3.63) is 48.0 Å². The van der Waals surface area contributed by atoms with Crippen molar-refractivity contribution < 1.29 is 14.7 Å². The number of carbonyl (C=O) groups is 2. The third kappa shape index (κ3) is 3.79. The topological polar surface area (TPSA) is 88.3 Å². The molecule has 7 nitrogen and oxygen atoms in total. The van der Waals surface area contributed by atoms with Crippen LogP contribution in [0.15, 0.2) is 36.8 Å². The van der Waals surface area contributed by atoms with Crippen molar-refractivity contribution in [1.82, 2.24) is 19.7 Å². The smallest absolute Gasteiger partial charge is 0.325 e. The summed E-state index contributed by atoms with van der Waals surface area (Å²) in [6, 6.07) is 5.57. The highest BCUT2D eigenvalue weighted by molar-refractivity contribution is 5.78. The Morgan fingerprint density at radius 2 is 2.17 bits per heavy atom. The monoisotopic (exact) mass is 328 g/mol. The molecule has 1 fully saturated rings. The van der Waals surface area contributed by atoms with E-state index in [0.717, 1.165) is 30.6 Å². The molecule has 0 aromatic carbocycles. The van der Waals surface area contributed by atoms with Gasteiger partial charge in [-0.25, -0.2) is 0 Å². The molecule has 0 saturated carbocycles. The largest absolute Gasteiger partial charge is 0.480 e. The second-order valence-corrected chi connectivity index (χ2v) is 6.02. The van der Waals surface area contributed by atoms with Crippen molar-refractivity contribution in [2.75, 3.05) is 13.1 Å². The highest BCUT2D eigenvalue weighted by atomic mass is 16.4.